The maximum absolute atomic E-state index is 13.5. The molecule has 0 saturated carbocycles. The van der Waals surface area contributed by atoms with Gasteiger partial charge in [0.25, 0.3) is 10.0 Å². The predicted octanol–water partition coefficient (Wildman–Crippen LogP) is 4.07. The van der Waals surface area contributed by atoms with E-state index in [9.17, 15) is 17.2 Å². The Morgan fingerprint density at radius 1 is 0.950 bits per heavy atom. The molecule has 0 spiro atoms. The predicted molar refractivity (Wildman–Crippen MR) is 73.6 cm³/mol. The number of hydrogen-bond donors (Lipinski definition) is 1. The number of nitrogens with one attached hydrogen (secondary N) is 1. The number of benzene rings is 2. The highest BCUT2D eigenvalue weighted by Gasteiger charge is 2.20. The molecule has 0 radical (unpaired) electrons. The molecule has 0 unspecified atom stereocenters. The fourth-order valence-electron chi connectivity index (χ4n) is 1.52. The van der Waals surface area contributed by atoms with Crippen LogP contribution >= 0.6 is 23.2 Å². The molecule has 0 aliphatic rings. The van der Waals surface area contributed by atoms with Crippen LogP contribution in [0.15, 0.2) is 41.3 Å². The molecule has 0 aromatic heterocycles. The molecular formula is C12H7Cl2F2NO2S. The molecule has 0 fully saturated rings. The summed E-state index contributed by atoms with van der Waals surface area (Å²) in [5, 5.41) is 0.435. The SMILES string of the molecule is O=S(=O)(Nc1cc(Cl)cc(Cl)c1)c1ccc(F)cc1F. The van der Waals surface area contributed by atoms with Crippen LogP contribution in [0.5, 0.6) is 0 Å². The lowest BCUT2D eigenvalue weighted by atomic mass is 10.3. The van der Waals surface area contributed by atoms with Crippen LogP contribution in [0.3, 0.4) is 0 Å². The van der Waals surface area contributed by atoms with Crippen molar-refractivity contribution in [2.24, 2.45) is 0 Å². The fraction of sp³-hybridized carbons (Fsp3) is 0. The number of sulfonamides is 1. The molecule has 3 nitrogen and oxygen atoms in total. The summed E-state index contributed by atoms with van der Waals surface area (Å²) in [6.45, 7) is 0. The van der Waals surface area contributed by atoms with Gasteiger partial charge in [0.05, 0.1) is 5.69 Å². The van der Waals surface area contributed by atoms with E-state index in [2.05, 4.69) is 4.72 Å². The molecule has 2 rings (SSSR count). The Morgan fingerprint density at radius 2 is 1.55 bits per heavy atom. The molecule has 1 N–H and O–H groups in total. The summed E-state index contributed by atoms with van der Waals surface area (Å²) in [5.41, 5.74) is 0.0752. The van der Waals surface area contributed by atoms with Crippen molar-refractivity contribution in [2.45, 2.75) is 4.90 Å². The molecule has 0 bridgehead atoms. The number of halogens is 4. The average molecular weight is 338 g/mol. The van der Waals surface area contributed by atoms with Crippen molar-refractivity contribution in [2.75, 3.05) is 4.72 Å². The van der Waals surface area contributed by atoms with Gasteiger partial charge in [0.1, 0.15) is 16.5 Å². The standard InChI is InChI=1S/C12H7Cl2F2NO2S/c13-7-3-8(14)5-10(4-7)17-20(18,19)12-2-1-9(15)6-11(12)16/h1-6,17H. The highest BCUT2D eigenvalue weighted by molar-refractivity contribution is 7.92. The highest BCUT2D eigenvalue weighted by atomic mass is 35.5. The smallest absolute Gasteiger partial charge is 0.264 e. The van der Waals surface area contributed by atoms with Crippen molar-refractivity contribution in [3.8, 4) is 0 Å². The van der Waals surface area contributed by atoms with E-state index in [1.54, 1.807) is 0 Å². The third-order valence-electron chi connectivity index (χ3n) is 2.30. The zero-order valence-electron chi connectivity index (χ0n) is 9.70. The summed E-state index contributed by atoms with van der Waals surface area (Å²) in [6.07, 6.45) is 0. The van der Waals surface area contributed by atoms with Crippen LogP contribution in [0.25, 0.3) is 0 Å². The molecule has 8 heteroatoms. The first-order chi connectivity index (χ1) is 9.28. The molecule has 20 heavy (non-hydrogen) atoms. The van der Waals surface area contributed by atoms with E-state index in [0.29, 0.717) is 6.07 Å². The van der Waals surface area contributed by atoms with Crippen molar-refractivity contribution in [3.05, 3.63) is 58.1 Å². The Balaban J connectivity index is 2.40. The van der Waals surface area contributed by atoms with Gasteiger partial charge in [-0.05, 0) is 30.3 Å². The van der Waals surface area contributed by atoms with Gasteiger partial charge in [-0.15, -0.1) is 0 Å². The molecule has 106 valence electrons. The largest absolute Gasteiger partial charge is 0.279 e. The van der Waals surface area contributed by atoms with Gasteiger partial charge in [-0.25, -0.2) is 17.2 Å². The summed E-state index contributed by atoms with van der Waals surface area (Å²) in [7, 11) is -4.20. The molecule has 0 heterocycles. The molecular weight excluding hydrogens is 331 g/mol. The zero-order valence-corrected chi connectivity index (χ0v) is 12.0. The highest BCUT2D eigenvalue weighted by Crippen LogP contribution is 2.25. The molecule has 0 aliphatic heterocycles. The Morgan fingerprint density at radius 3 is 2.10 bits per heavy atom. The lowest BCUT2D eigenvalue weighted by Gasteiger charge is -2.09. The monoisotopic (exact) mass is 337 g/mol. The zero-order chi connectivity index (χ0) is 14.9. The second kappa shape index (κ2) is 5.55. The lowest BCUT2D eigenvalue weighted by molar-refractivity contribution is 0.551. The van der Waals surface area contributed by atoms with Crippen LogP contribution in [-0.4, -0.2) is 8.42 Å². The van der Waals surface area contributed by atoms with E-state index in [0.717, 1.165) is 12.1 Å². The Bertz CT molecular complexity index is 746. The van der Waals surface area contributed by atoms with Gasteiger partial charge in [-0.2, -0.15) is 0 Å². The van der Waals surface area contributed by atoms with Gasteiger partial charge in [0, 0.05) is 16.1 Å². The van der Waals surface area contributed by atoms with Crippen LogP contribution in [0, 0.1) is 11.6 Å². The molecule has 0 atom stereocenters. The van der Waals surface area contributed by atoms with Crippen molar-refractivity contribution < 1.29 is 17.2 Å². The minimum Gasteiger partial charge on any atom is -0.279 e. The van der Waals surface area contributed by atoms with E-state index in [-0.39, 0.29) is 15.7 Å². The van der Waals surface area contributed by atoms with Crippen LogP contribution in [0.2, 0.25) is 10.0 Å². The Hall–Kier alpha value is -1.37. The molecule has 0 saturated heterocycles. The molecule has 0 aliphatic carbocycles. The first kappa shape index (κ1) is 15.0. The molecule has 2 aromatic carbocycles. The van der Waals surface area contributed by atoms with Gasteiger partial charge in [0.15, 0.2) is 0 Å². The topological polar surface area (TPSA) is 46.2 Å². The average Bonchev–Trinajstić information content (AvgIpc) is 2.25. The minimum atomic E-state index is -4.20. The van der Waals surface area contributed by atoms with Gasteiger partial charge >= 0.3 is 0 Å². The van der Waals surface area contributed by atoms with E-state index in [4.69, 9.17) is 23.2 Å². The summed E-state index contributed by atoms with van der Waals surface area (Å²) < 4.78 is 52.4. The maximum Gasteiger partial charge on any atom is 0.264 e. The quantitative estimate of drug-likeness (QED) is 0.917. The van der Waals surface area contributed by atoms with Crippen LogP contribution in [0.1, 0.15) is 0 Å². The normalized spacial score (nSPS) is 11.4. The summed E-state index contributed by atoms with van der Waals surface area (Å²) >= 11 is 11.5. The fourth-order valence-corrected chi connectivity index (χ4v) is 3.14. The summed E-state index contributed by atoms with van der Waals surface area (Å²) in [5.74, 6) is -2.06. The number of hydrogen-bond acceptors (Lipinski definition) is 2. The third kappa shape index (κ3) is 3.39. The second-order valence-electron chi connectivity index (χ2n) is 3.84. The van der Waals surface area contributed by atoms with E-state index >= 15 is 0 Å². The van der Waals surface area contributed by atoms with Crippen LogP contribution in [0.4, 0.5) is 14.5 Å². The van der Waals surface area contributed by atoms with Crippen molar-refractivity contribution in [1.29, 1.82) is 0 Å². The first-order valence-corrected chi connectivity index (χ1v) is 7.46. The third-order valence-corrected chi connectivity index (χ3v) is 4.15. The van der Waals surface area contributed by atoms with Crippen LogP contribution in [-0.2, 0) is 10.0 Å². The van der Waals surface area contributed by atoms with Gasteiger partial charge in [0.2, 0.25) is 0 Å². The Kier molecular flexibility index (Phi) is 4.17. The van der Waals surface area contributed by atoms with Gasteiger partial charge in [-0.1, -0.05) is 23.2 Å². The molecule has 2 aromatic rings. The minimum absolute atomic E-state index is 0.0752. The first-order valence-electron chi connectivity index (χ1n) is 5.22. The number of rotatable bonds is 3. The molecule has 0 amide bonds. The van der Waals surface area contributed by atoms with Crippen molar-refractivity contribution >= 4 is 38.9 Å². The van der Waals surface area contributed by atoms with Gasteiger partial charge in [-0.3, -0.25) is 4.72 Å². The number of anilines is 1. The maximum atomic E-state index is 13.5. The van der Waals surface area contributed by atoms with E-state index in [1.807, 2.05) is 0 Å². The summed E-state index contributed by atoms with van der Waals surface area (Å²) in [4.78, 5) is -0.671. The Labute approximate surface area is 124 Å². The van der Waals surface area contributed by atoms with Gasteiger partial charge < -0.3 is 0 Å². The van der Waals surface area contributed by atoms with Crippen molar-refractivity contribution in [3.63, 3.8) is 0 Å². The van der Waals surface area contributed by atoms with Crippen LogP contribution < -0.4 is 4.72 Å². The summed E-state index contributed by atoms with van der Waals surface area (Å²) in [6, 6.07) is 6.21. The van der Waals surface area contributed by atoms with Crippen molar-refractivity contribution in [1.82, 2.24) is 0 Å². The second-order valence-corrected chi connectivity index (χ2v) is 6.36. The van der Waals surface area contributed by atoms with E-state index in [1.165, 1.54) is 18.2 Å². The van der Waals surface area contributed by atoms with E-state index < -0.39 is 26.6 Å². The lowest BCUT2D eigenvalue weighted by Crippen LogP contribution is -2.14.